The summed E-state index contributed by atoms with van der Waals surface area (Å²) in [4.78, 5) is 16.8. The molecule has 0 atom stereocenters. The number of nitrogens with zero attached hydrogens (tertiary/aromatic N) is 2. The number of carbonyl (C=O) groups is 1. The first-order chi connectivity index (χ1) is 10.7. The van der Waals surface area contributed by atoms with Crippen LogP contribution in [0.15, 0.2) is 46.9 Å². The quantitative estimate of drug-likeness (QED) is 0.681. The van der Waals surface area contributed by atoms with Crippen LogP contribution in [-0.2, 0) is 12.2 Å². The maximum absolute atomic E-state index is 11.0. The molecule has 3 aromatic rings. The van der Waals surface area contributed by atoms with E-state index < -0.39 is 5.91 Å². The standard InChI is InChI=1S/C15H14N4OS2/c16-14(20)11-5-3-10(4-6-11)9-22-15-17-13(18-19-15)8-12-2-1-7-21-12/h1-7H,8-9H2,(H2,16,20)(H,17,18,19). The van der Waals surface area contributed by atoms with Gasteiger partial charge in [-0.15, -0.1) is 16.4 Å². The third-order valence-electron chi connectivity index (χ3n) is 3.04. The van der Waals surface area contributed by atoms with Crippen molar-refractivity contribution in [2.24, 2.45) is 5.73 Å². The van der Waals surface area contributed by atoms with Gasteiger partial charge in [-0.3, -0.25) is 9.89 Å². The minimum absolute atomic E-state index is 0.411. The summed E-state index contributed by atoms with van der Waals surface area (Å²) in [7, 11) is 0. The van der Waals surface area contributed by atoms with Gasteiger partial charge in [0.05, 0.1) is 0 Å². The molecular weight excluding hydrogens is 316 g/mol. The van der Waals surface area contributed by atoms with Gasteiger partial charge in [0.1, 0.15) is 5.82 Å². The first kappa shape index (κ1) is 14.8. The Kier molecular flexibility index (Phi) is 4.55. The molecule has 112 valence electrons. The van der Waals surface area contributed by atoms with Crippen LogP contribution in [0.2, 0.25) is 0 Å². The van der Waals surface area contributed by atoms with Crippen molar-refractivity contribution in [2.75, 3.05) is 0 Å². The number of aromatic amines is 1. The van der Waals surface area contributed by atoms with Gasteiger partial charge in [-0.05, 0) is 29.1 Å². The van der Waals surface area contributed by atoms with Gasteiger partial charge in [-0.1, -0.05) is 30.0 Å². The second-order valence-corrected chi connectivity index (χ2v) is 6.65. The van der Waals surface area contributed by atoms with Gasteiger partial charge in [0.25, 0.3) is 0 Å². The highest BCUT2D eigenvalue weighted by atomic mass is 32.2. The number of hydrogen-bond acceptors (Lipinski definition) is 5. The van der Waals surface area contributed by atoms with Crippen LogP contribution in [0.25, 0.3) is 0 Å². The van der Waals surface area contributed by atoms with Crippen LogP contribution < -0.4 is 5.73 Å². The Morgan fingerprint density at radius 2 is 2.09 bits per heavy atom. The number of benzene rings is 1. The summed E-state index contributed by atoms with van der Waals surface area (Å²) in [5, 5.41) is 9.96. The fraction of sp³-hybridized carbons (Fsp3) is 0.133. The van der Waals surface area contributed by atoms with Gasteiger partial charge >= 0.3 is 0 Å². The molecule has 0 aliphatic rings. The van der Waals surface area contributed by atoms with Gasteiger partial charge in [0, 0.05) is 22.6 Å². The molecule has 3 rings (SSSR count). The number of aromatic nitrogens is 3. The van der Waals surface area contributed by atoms with E-state index in [2.05, 4.69) is 26.6 Å². The monoisotopic (exact) mass is 330 g/mol. The SMILES string of the molecule is NC(=O)c1ccc(CSc2n[nH]c(Cc3cccs3)n2)cc1. The molecular formula is C15H14N4OS2. The third kappa shape index (κ3) is 3.75. The zero-order valence-corrected chi connectivity index (χ0v) is 13.3. The van der Waals surface area contributed by atoms with E-state index >= 15 is 0 Å². The van der Waals surface area contributed by atoms with Crippen molar-refractivity contribution >= 4 is 29.0 Å². The maximum atomic E-state index is 11.0. The van der Waals surface area contributed by atoms with E-state index in [0.29, 0.717) is 5.56 Å². The number of primary amides is 1. The smallest absolute Gasteiger partial charge is 0.248 e. The zero-order valence-electron chi connectivity index (χ0n) is 11.7. The van der Waals surface area contributed by atoms with Gasteiger partial charge in [-0.25, -0.2) is 4.98 Å². The average Bonchev–Trinajstić information content (AvgIpc) is 3.18. The molecule has 1 aromatic carbocycles. The highest BCUT2D eigenvalue weighted by Gasteiger charge is 2.06. The van der Waals surface area contributed by atoms with Crippen LogP contribution in [0.4, 0.5) is 0 Å². The van der Waals surface area contributed by atoms with Crippen molar-refractivity contribution in [2.45, 2.75) is 17.3 Å². The van der Waals surface area contributed by atoms with Crippen molar-refractivity contribution in [1.82, 2.24) is 15.2 Å². The fourth-order valence-corrected chi connectivity index (χ4v) is 3.39. The summed E-state index contributed by atoms with van der Waals surface area (Å²) in [6.07, 6.45) is 0.776. The maximum Gasteiger partial charge on any atom is 0.248 e. The molecule has 0 unspecified atom stereocenters. The summed E-state index contributed by atoms with van der Waals surface area (Å²) >= 11 is 3.26. The minimum atomic E-state index is -0.411. The molecule has 0 aliphatic carbocycles. The lowest BCUT2D eigenvalue weighted by Gasteiger charge is -2.00. The molecule has 0 saturated carbocycles. The first-order valence-electron chi connectivity index (χ1n) is 6.66. The lowest BCUT2D eigenvalue weighted by molar-refractivity contribution is 0.100. The summed E-state index contributed by atoms with van der Waals surface area (Å²) in [6.45, 7) is 0. The van der Waals surface area contributed by atoms with E-state index in [1.165, 1.54) is 4.88 Å². The summed E-state index contributed by atoms with van der Waals surface area (Å²) in [5.74, 6) is 1.20. The lowest BCUT2D eigenvalue weighted by atomic mass is 10.1. The molecule has 5 nitrogen and oxygen atoms in total. The predicted octanol–water partition coefficient (Wildman–Crippen LogP) is 2.85. The summed E-state index contributed by atoms with van der Waals surface area (Å²) < 4.78 is 0. The molecule has 0 aliphatic heterocycles. The molecule has 0 fully saturated rings. The number of hydrogen-bond donors (Lipinski definition) is 2. The number of nitrogens with two attached hydrogens (primary N) is 1. The van der Waals surface area contributed by atoms with E-state index in [4.69, 9.17) is 5.73 Å². The third-order valence-corrected chi connectivity index (χ3v) is 4.83. The molecule has 1 amide bonds. The number of H-pyrrole nitrogens is 1. The number of nitrogens with one attached hydrogen (secondary N) is 1. The highest BCUT2D eigenvalue weighted by Crippen LogP contribution is 2.20. The van der Waals surface area contributed by atoms with Crippen LogP contribution in [0.1, 0.15) is 26.6 Å². The predicted molar refractivity (Wildman–Crippen MR) is 88.0 cm³/mol. The Bertz CT molecular complexity index is 750. The van der Waals surface area contributed by atoms with E-state index in [-0.39, 0.29) is 0 Å². The molecule has 22 heavy (non-hydrogen) atoms. The molecule has 7 heteroatoms. The lowest BCUT2D eigenvalue weighted by Crippen LogP contribution is -2.10. The molecule has 0 spiro atoms. The minimum Gasteiger partial charge on any atom is -0.366 e. The van der Waals surface area contributed by atoms with Gasteiger partial charge in [-0.2, -0.15) is 0 Å². The summed E-state index contributed by atoms with van der Waals surface area (Å²) in [6, 6.07) is 11.4. The molecule has 0 radical (unpaired) electrons. The van der Waals surface area contributed by atoms with Crippen LogP contribution in [-0.4, -0.2) is 21.1 Å². The second-order valence-electron chi connectivity index (χ2n) is 4.67. The van der Waals surface area contributed by atoms with Gasteiger partial charge in [0.2, 0.25) is 11.1 Å². The van der Waals surface area contributed by atoms with Crippen molar-refractivity contribution < 1.29 is 4.79 Å². The topological polar surface area (TPSA) is 84.7 Å². The highest BCUT2D eigenvalue weighted by molar-refractivity contribution is 7.98. The van der Waals surface area contributed by atoms with E-state index in [9.17, 15) is 4.79 Å². The second kappa shape index (κ2) is 6.76. The van der Waals surface area contributed by atoms with Gasteiger partial charge in [0.15, 0.2) is 0 Å². The van der Waals surface area contributed by atoms with Crippen LogP contribution in [0.3, 0.4) is 0 Å². The van der Waals surface area contributed by atoms with E-state index in [1.807, 2.05) is 18.2 Å². The van der Waals surface area contributed by atoms with Crippen LogP contribution >= 0.6 is 23.1 Å². The average molecular weight is 330 g/mol. The number of amides is 1. The Labute approximate surface area is 136 Å². The van der Waals surface area contributed by atoms with Gasteiger partial charge < -0.3 is 5.73 Å². The number of thiophene rings is 1. The molecule has 3 N–H and O–H groups in total. The molecule has 2 heterocycles. The summed E-state index contributed by atoms with van der Waals surface area (Å²) in [5.41, 5.74) is 6.83. The van der Waals surface area contributed by atoms with E-state index in [0.717, 1.165) is 28.7 Å². The van der Waals surface area contributed by atoms with Crippen LogP contribution in [0, 0.1) is 0 Å². The molecule has 2 aromatic heterocycles. The largest absolute Gasteiger partial charge is 0.366 e. The Balaban J connectivity index is 1.57. The Morgan fingerprint density at radius 3 is 2.77 bits per heavy atom. The van der Waals surface area contributed by atoms with Crippen molar-refractivity contribution in [3.8, 4) is 0 Å². The number of carbonyl (C=O) groups excluding carboxylic acids is 1. The molecule has 0 bridgehead atoms. The normalized spacial score (nSPS) is 10.7. The van der Waals surface area contributed by atoms with Crippen LogP contribution in [0.5, 0.6) is 0 Å². The van der Waals surface area contributed by atoms with Crippen molar-refractivity contribution in [3.63, 3.8) is 0 Å². The first-order valence-corrected chi connectivity index (χ1v) is 8.52. The number of thioether (sulfide) groups is 1. The Hall–Kier alpha value is -2.12. The van der Waals surface area contributed by atoms with E-state index in [1.54, 1.807) is 35.2 Å². The number of rotatable bonds is 6. The van der Waals surface area contributed by atoms with Crippen molar-refractivity contribution in [1.29, 1.82) is 0 Å². The fourth-order valence-electron chi connectivity index (χ4n) is 1.91. The zero-order chi connectivity index (χ0) is 15.4. The van der Waals surface area contributed by atoms with Crippen molar-refractivity contribution in [3.05, 3.63) is 63.6 Å². The molecule has 0 saturated heterocycles. The Morgan fingerprint density at radius 1 is 1.27 bits per heavy atom.